The zero-order valence-corrected chi connectivity index (χ0v) is 23.4. The molecule has 208 valence electrons. The summed E-state index contributed by atoms with van der Waals surface area (Å²) in [7, 11) is 3.32. The van der Waals surface area contributed by atoms with Gasteiger partial charge >= 0.3 is 11.9 Å². The van der Waals surface area contributed by atoms with Crippen molar-refractivity contribution < 1.29 is 24.0 Å². The van der Waals surface area contributed by atoms with Gasteiger partial charge in [0, 0.05) is 36.6 Å². The third-order valence-electron chi connectivity index (χ3n) is 6.81. The predicted octanol–water partition coefficient (Wildman–Crippen LogP) is 5.09. The highest BCUT2D eigenvalue weighted by atomic mass is 16.6. The van der Waals surface area contributed by atoms with Crippen LogP contribution in [0.1, 0.15) is 51.2 Å². The Labute approximate surface area is 229 Å². The van der Waals surface area contributed by atoms with E-state index < -0.39 is 22.8 Å². The van der Waals surface area contributed by atoms with E-state index in [4.69, 9.17) is 9.47 Å². The van der Waals surface area contributed by atoms with Crippen molar-refractivity contribution in [1.82, 2.24) is 10.2 Å². The Hall–Kier alpha value is -3.98. The normalized spacial score (nSPS) is 15.7. The monoisotopic (exact) mass is 535 g/mol. The Morgan fingerprint density at radius 3 is 2.28 bits per heavy atom. The van der Waals surface area contributed by atoms with Crippen molar-refractivity contribution in [3.05, 3.63) is 98.4 Å². The summed E-state index contributed by atoms with van der Waals surface area (Å²) in [6.45, 7) is 9.48. The summed E-state index contributed by atoms with van der Waals surface area (Å²) in [6, 6.07) is 16.2. The van der Waals surface area contributed by atoms with Crippen LogP contribution < -0.4 is 5.32 Å². The molecule has 9 heteroatoms. The maximum Gasteiger partial charge on any atom is 0.336 e. The van der Waals surface area contributed by atoms with Crippen LogP contribution >= 0.6 is 0 Å². The SMILES string of the molecule is COC(=O)C1=C(C)NC(C)=C(C(=O)OCCC(C)(C)CN(C)Cc2ccccc2)C1c1cccc([N+](=O)[O-])c1. The number of dihydropyridines is 1. The number of non-ortho nitro benzene ring substituents is 1. The number of ether oxygens (including phenoxy) is 2. The van der Waals surface area contributed by atoms with Gasteiger partial charge in [0.1, 0.15) is 0 Å². The highest BCUT2D eigenvalue weighted by molar-refractivity contribution is 5.99. The summed E-state index contributed by atoms with van der Waals surface area (Å²) in [6.07, 6.45) is 0.623. The molecule has 1 aliphatic rings. The zero-order valence-electron chi connectivity index (χ0n) is 23.4. The summed E-state index contributed by atoms with van der Waals surface area (Å²) < 4.78 is 10.8. The minimum absolute atomic E-state index is 0.134. The molecule has 3 rings (SSSR count). The fourth-order valence-corrected chi connectivity index (χ4v) is 5.05. The molecule has 1 aliphatic heterocycles. The van der Waals surface area contributed by atoms with Gasteiger partial charge in [0.2, 0.25) is 0 Å². The number of rotatable bonds is 11. The molecule has 0 fully saturated rings. The maximum absolute atomic E-state index is 13.5. The molecule has 1 N–H and O–H groups in total. The van der Waals surface area contributed by atoms with Gasteiger partial charge in [-0.3, -0.25) is 10.1 Å². The van der Waals surface area contributed by atoms with Crippen LogP contribution in [0.25, 0.3) is 0 Å². The van der Waals surface area contributed by atoms with Crippen molar-refractivity contribution in [1.29, 1.82) is 0 Å². The van der Waals surface area contributed by atoms with Gasteiger partial charge in [0.15, 0.2) is 0 Å². The van der Waals surface area contributed by atoms with E-state index in [1.54, 1.807) is 19.9 Å². The van der Waals surface area contributed by atoms with Crippen LogP contribution in [0.4, 0.5) is 5.69 Å². The molecule has 2 aromatic rings. The summed E-state index contributed by atoms with van der Waals surface area (Å²) in [5.41, 5.74) is 2.84. The molecule has 0 aromatic heterocycles. The number of hydrogen-bond donors (Lipinski definition) is 1. The molecule has 0 radical (unpaired) electrons. The van der Waals surface area contributed by atoms with Crippen LogP contribution in [0, 0.1) is 15.5 Å². The van der Waals surface area contributed by atoms with Crippen LogP contribution in [0.5, 0.6) is 0 Å². The van der Waals surface area contributed by atoms with Crippen molar-refractivity contribution in [2.75, 3.05) is 27.3 Å². The van der Waals surface area contributed by atoms with E-state index in [0.717, 1.165) is 13.1 Å². The first-order valence-corrected chi connectivity index (χ1v) is 12.8. The predicted molar refractivity (Wildman–Crippen MR) is 149 cm³/mol. The van der Waals surface area contributed by atoms with Gasteiger partial charge < -0.3 is 19.7 Å². The maximum atomic E-state index is 13.5. The number of esters is 2. The second kappa shape index (κ2) is 12.7. The molecule has 9 nitrogen and oxygen atoms in total. The first-order chi connectivity index (χ1) is 18.4. The minimum Gasteiger partial charge on any atom is -0.466 e. The third-order valence-corrected chi connectivity index (χ3v) is 6.81. The van der Waals surface area contributed by atoms with Crippen molar-refractivity contribution in [2.24, 2.45) is 5.41 Å². The topological polar surface area (TPSA) is 111 Å². The zero-order chi connectivity index (χ0) is 28.7. The number of nitro benzene ring substituents is 1. The van der Waals surface area contributed by atoms with Gasteiger partial charge in [-0.1, -0.05) is 56.3 Å². The number of nitro groups is 1. The Balaban J connectivity index is 1.77. The molecule has 1 atom stereocenters. The summed E-state index contributed by atoms with van der Waals surface area (Å²) in [4.78, 5) is 39.5. The van der Waals surface area contributed by atoms with Crippen molar-refractivity contribution in [3.8, 4) is 0 Å². The van der Waals surface area contributed by atoms with Gasteiger partial charge in [-0.2, -0.15) is 0 Å². The Bertz CT molecular complexity index is 1280. The lowest BCUT2D eigenvalue weighted by molar-refractivity contribution is -0.384. The van der Waals surface area contributed by atoms with E-state index >= 15 is 0 Å². The van der Waals surface area contributed by atoms with Crippen LogP contribution in [-0.2, 0) is 25.6 Å². The summed E-state index contributed by atoms with van der Waals surface area (Å²) >= 11 is 0. The first-order valence-electron chi connectivity index (χ1n) is 12.8. The lowest BCUT2D eigenvalue weighted by atomic mass is 9.80. The van der Waals surface area contributed by atoms with Crippen molar-refractivity contribution in [2.45, 2.75) is 46.6 Å². The van der Waals surface area contributed by atoms with E-state index in [0.29, 0.717) is 23.4 Å². The first kappa shape index (κ1) is 29.6. The van der Waals surface area contributed by atoms with Gasteiger partial charge in [0.25, 0.3) is 5.69 Å². The highest BCUT2D eigenvalue weighted by Crippen LogP contribution is 2.40. The largest absolute Gasteiger partial charge is 0.466 e. The van der Waals surface area contributed by atoms with Crippen LogP contribution in [0.15, 0.2) is 77.1 Å². The van der Waals surface area contributed by atoms with E-state index in [1.165, 1.54) is 30.9 Å². The number of carbonyl (C=O) groups is 2. The van der Waals surface area contributed by atoms with Crippen molar-refractivity contribution >= 4 is 17.6 Å². The van der Waals surface area contributed by atoms with E-state index in [9.17, 15) is 19.7 Å². The minimum atomic E-state index is -0.879. The molecule has 0 saturated heterocycles. The van der Waals surface area contributed by atoms with Gasteiger partial charge in [0.05, 0.1) is 35.7 Å². The third kappa shape index (κ3) is 7.54. The molecule has 0 aliphatic carbocycles. The molecule has 1 unspecified atom stereocenters. The Kier molecular flexibility index (Phi) is 9.64. The fourth-order valence-electron chi connectivity index (χ4n) is 5.05. The number of methoxy groups -OCH3 is 1. The molecular formula is C30H37N3O6. The van der Waals surface area contributed by atoms with Gasteiger partial charge in [-0.25, -0.2) is 9.59 Å². The van der Waals surface area contributed by atoms with Gasteiger partial charge in [-0.15, -0.1) is 0 Å². The number of benzene rings is 2. The molecule has 2 aromatic carbocycles. The van der Waals surface area contributed by atoms with Crippen LogP contribution in [0.3, 0.4) is 0 Å². The van der Waals surface area contributed by atoms with Crippen LogP contribution in [0.2, 0.25) is 0 Å². The quantitative estimate of drug-likeness (QED) is 0.241. The van der Waals surface area contributed by atoms with Gasteiger partial charge in [-0.05, 0) is 43.9 Å². The standard InChI is InChI=1S/C30H37N3O6/c1-20-25(28(34)38-6)27(23-13-10-14-24(17-23)33(36)37)26(21(2)31-20)29(35)39-16-15-30(3,4)19-32(5)18-22-11-8-7-9-12-22/h7-14,17,27,31H,15-16,18-19H2,1-6H3. The van der Waals surface area contributed by atoms with E-state index in [1.807, 2.05) is 18.2 Å². The summed E-state index contributed by atoms with van der Waals surface area (Å²) in [5, 5.41) is 14.5. The number of hydrogen-bond acceptors (Lipinski definition) is 8. The number of nitrogens with zero attached hydrogens (tertiary/aromatic N) is 2. The number of carbonyl (C=O) groups excluding carboxylic acids is 2. The number of nitrogens with one attached hydrogen (secondary N) is 1. The molecule has 1 heterocycles. The van der Waals surface area contributed by atoms with Crippen molar-refractivity contribution in [3.63, 3.8) is 0 Å². The molecule has 0 amide bonds. The molecule has 0 saturated carbocycles. The lowest BCUT2D eigenvalue weighted by Crippen LogP contribution is -2.34. The average Bonchev–Trinajstić information content (AvgIpc) is 2.87. The molecule has 39 heavy (non-hydrogen) atoms. The summed E-state index contributed by atoms with van der Waals surface area (Å²) in [5.74, 6) is -2.09. The Morgan fingerprint density at radius 2 is 1.67 bits per heavy atom. The second-order valence-electron chi connectivity index (χ2n) is 10.7. The van der Waals surface area contributed by atoms with E-state index in [-0.39, 0.29) is 28.9 Å². The molecule has 0 bridgehead atoms. The molecule has 0 spiro atoms. The fraction of sp³-hybridized carbons (Fsp3) is 0.400. The lowest BCUT2D eigenvalue weighted by Gasteiger charge is -2.32. The van der Waals surface area contributed by atoms with Crippen LogP contribution in [-0.4, -0.2) is 49.1 Å². The Morgan fingerprint density at radius 1 is 1.03 bits per heavy atom. The molecular weight excluding hydrogens is 498 g/mol. The van der Waals surface area contributed by atoms with E-state index in [2.05, 4.69) is 43.2 Å². The highest BCUT2D eigenvalue weighted by Gasteiger charge is 2.38. The average molecular weight is 536 g/mol. The second-order valence-corrected chi connectivity index (χ2v) is 10.7. The number of allylic oxidation sites excluding steroid dienone is 2. The smallest absolute Gasteiger partial charge is 0.336 e.